The van der Waals surface area contributed by atoms with Crippen molar-refractivity contribution in [1.29, 1.82) is 0 Å². The molecule has 2 unspecified atom stereocenters. The largest absolute Gasteiger partial charge is 0.330 e. The van der Waals surface area contributed by atoms with E-state index < -0.39 is 0 Å². The molecule has 1 heterocycles. The van der Waals surface area contributed by atoms with Crippen LogP contribution in [0.5, 0.6) is 0 Å². The normalized spacial score (nSPS) is 25.4. The molecule has 0 bridgehead atoms. The van der Waals surface area contributed by atoms with E-state index >= 15 is 0 Å². The summed E-state index contributed by atoms with van der Waals surface area (Å²) in [6.45, 7) is 1.74. The minimum absolute atomic E-state index is 0.620. The average molecular weight is 274 g/mol. The predicted molar refractivity (Wildman–Crippen MR) is 73.4 cm³/mol. The highest BCUT2D eigenvalue weighted by Crippen LogP contribution is 2.29. The lowest BCUT2D eigenvalue weighted by Gasteiger charge is -2.37. The number of halogens is 1. The summed E-state index contributed by atoms with van der Waals surface area (Å²) in [6, 6.07) is 0.620. The summed E-state index contributed by atoms with van der Waals surface area (Å²) >= 11 is 7.42. The van der Waals surface area contributed by atoms with Gasteiger partial charge >= 0.3 is 0 Å². The van der Waals surface area contributed by atoms with E-state index in [0.717, 1.165) is 13.1 Å². The Labute approximate surface area is 112 Å². The Morgan fingerprint density at radius 3 is 2.94 bits per heavy atom. The van der Waals surface area contributed by atoms with Gasteiger partial charge in [-0.05, 0) is 32.4 Å². The van der Waals surface area contributed by atoms with Crippen molar-refractivity contribution in [2.75, 3.05) is 13.6 Å². The van der Waals surface area contributed by atoms with Crippen LogP contribution in [0.3, 0.4) is 0 Å². The molecule has 1 saturated carbocycles. The molecule has 0 aromatic carbocycles. The van der Waals surface area contributed by atoms with E-state index in [1.165, 1.54) is 30.6 Å². The summed E-state index contributed by atoms with van der Waals surface area (Å²) in [7, 11) is 2.19. The van der Waals surface area contributed by atoms with Crippen LogP contribution in [0.1, 0.15) is 30.6 Å². The Morgan fingerprint density at radius 2 is 2.29 bits per heavy atom. The van der Waals surface area contributed by atoms with Gasteiger partial charge in [0, 0.05) is 23.7 Å². The third kappa shape index (κ3) is 3.41. The third-order valence-corrected chi connectivity index (χ3v) is 4.77. The monoisotopic (exact) mass is 273 g/mol. The van der Waals surface area contributed by atoms with Crippen LogP contribution in [0.25, 0.3) is 0 Å². The number of hydrogen-bond acceptors (Lipinski definition) is 4. The fourth-order valence-corrected chi connectivity index (χ4v) is 3.80. The van der Waals surface area contributed by atoms with Crippen LogP contribution in [-0.4, -0.2) is 29.5 Å². The van der Waals surface area contributed by atoms with Crippen molar-refractivity contribution in [3.05, 3.63) is 15.5 Å². The van der Waals surface area contributed by atoms with Crippen LogP contribution in [-0.2, 0) is 6.54 Å². The SMILES string of the molecule is CN(Cc1cnc(Cl)s1)C1CCCCC1CN. The summed E-state index contributed by atoms with van der Waals surface area (Å²) in [5.41, 5.74) is 5.87. The Hall–Kier alpha value is -0.160. The Kier molecular flexibility index (Phi) is 4.79. The molecule has 96 valence electrons. The molecule has 1 fully saturated rings. The third-order valence-electron chi connectivity index (χ3n) is 3.67. The van der Waals surface area contributed by atoms with E-state index in [2.05, 4.69) is 16.9 Å². The maximum absolute atomic E-state index is 5.87. The van der Waals surface area contributed by atoms with Gasteiger partial charge in [0.25, 0.3) is 0 Å². The smallest absolute Gasteiger partial charge is 0.183 e. The molecule has 0 saturated heterocycles. The second-order valence-corrected chi connectivity index (χ2v) is 6.54. The molecule has 0 aliphatic heterocycles. The predicted octanol–water partition coefficient (Wildman–Crippen LogP) is 2.75. The number of nitrogens with zero attached hydrogens (tertiary/aromatic N) is 2. The van der Waals surface area contributed by atoms with Crippen molar-refractivity contribution in [1.82, 2.24) is 9.88 Å². The molecule has 0 amide bonds. The Balaban J connectivity index is 1.95. The maximum Gasteiger partial charge on any atom is 0.183 e. The lowest BCUT2D eigenvalue weighted by atomic mass is 9.84. The number of hydrogen-bond donors (Lipinski definition) is 1. The van der Waals surface area contributed by atoms with Crippen molar-refractivity contribution in [2.24, 2.45) is 11.7 Å². The van der Waals surface area contributed by atoms with Gasteiger partial charge in [-0.3, -0.25) is 4.90 Å². The van der Waals surface area contributed by atoms with Crippen molar-refractivity contribution in [2.45, 2.75) is 38.3 Å². The van der Waals surface area contributed by atoms with Gasteiger partial charge in [0.1, 0.15) is 0 Å². The molecule has 1 aliphatic rings. The van der Waals surface area contributed by atoms with E-state index in [4.69, 9.17) is 17.3 Å². The number of nitrogens with two attached hydrogens (primary N) is 1. The maximum atomic E-state index is 5.87. The van der Waals surface area contributed by atoms with Gasteiger partial charge < -0.3 is 5.73 Å². The van der Waals surface area contributed by atoms with E-state index in [9.17, 15) is 0 Å². The standard InChI is InChI=1S/C12H20ClN3S/c1-16(8-10-7-15-12(13)17-10)11-5-3-2-4-9(11)6-14/h7,9,11H,2-6,8,14H2,1H3. The van der Waals surface area contributed by atoms with Crippen LogP contribution in [0, 0.1) is 5.92 Å². The van der Waals surface area contributed by atoms with Gasteiger partial charge in [-0.25, -0.2) is 4.98 Å². The van der Waals surface area contributed by atoms with Gasteiger partial charge in [0.05, 0.1) is 0 Å². The topological polar surface area (TPSA) is 42.2 Å². The van der Waals surface area contributed by atoms with Crippen molar-refractivity contribution in [3.8, 4) is 0 Å². The zero-order valence-electron chi connectivity index (χ0n) is 10.2. The highest BCUT2D eigenvalue weighted by molar-refractivity contribution is 7.15. The molecule has 2 atom stereocenters. The molecule has 5 heteroatoms. The van der Waals surface area contributed by atoms with Gasteiger partial charge in [-0.1, -0.05) is 24.4 Å². The lowest BCUT2D eigenvalue weighted by Crippen LogP contribution is -2.42. The number of rotatable bonds is 4. The van der Waals surface area contributed by atoms with Crippen LogP contribution < -0.4 is 5.73 Å². The zero-order chi connectivity index (χ0) is 12.3. The molecule has 2 rings (SSSR count). The fraction of sp³-hybridized carbons (Fsp3) is 0.750. The molecule has 0 spiro atoms. The van der Waals surface area contributed by atoms with Crippen LogP contribution in [0.4, 0.5) is 0 Å². The molecule has 1 aromatic rings. The Morgan fingerprint density at radius 1 is 1.53 bits per heavy atom. The van der Waals surface area contributed by atoms with E-state index in [-0.39, 0.29) is 0 Å². The molecule has 17 heavy (non-hydrogen) atoms. The molecular weight excluding hydrogens is 254 g/mol. The van der Waals surface area contributed by atoms with Gasteiger partial charge in [0.2, 0.25) is 0 Å². The minimum Gasteiger partial charge on any atom is -0.330 e. The first-order valence-corrected chi connectivity index (χ1v) is 7.40. The molecular formula is C12H20ClN3S. The Bertz CT molecular complexity index is 355. The molecule has 3 nitrogen and oxygen atoms in total. The van der Waals surface area contributed by atoms with Crippen molar-refractivity contribution < 1.29 is 0 Å². The summed E-state index contributed by atoms with van der Waals surface area (Å²) in [5.74, 6) is 0.650. The first kappa shape index (κ1) is 13.3. The van der Waals surface area contributed by atoms with Gasteiger partial charge in [-0.2, -0.15) is 0 Å². The summed E-state index contributed by atoms with van der Waals surface area (Å²) < 4.78 is 0.632. The average Bonchev–Trinajstić information content (AvgIpc) is 2.74. The van der Waals surface area contributed by atoms with Crippen molar-refractivity contribution in [3.63, 3.8) is 0 Å². The summed E-state index contributed by atoms with van der Waals surface area (Å²) in [5, 5.41) is 0. The second kappa shape index (κ2) is 6.14. The highest BCUT2D eigenvalue weighted by atomic mass is 35.5. The zero-order valence-corrected chi connectivity index (χ0v) is 11.8. The molecule has 1 aliphatic carbocycles. The van der Waals surface area contributed by atoms with Crippen LogP contribution in [0.15, 0.2) is 6.20 Å². The minimum atomic E-state index is 0.620. The molecule has 1 aromatic heterocycles. The quantitative estimate of drug-likeness (QED) is 0.917. The van der Waals surface area contributed by atoms with Gasteiger partial charge in [-0.15, -0.1) is 11.3 Å². The molecule has 2 N–H and O–H groups in total. The van der Waals surface area contributed by atoms with Gasteiger partial charge in [0.15, 0.2) is 4.47 Å². The number of aromatic nitrogens is 1. The van der Waals surface area contributed by atoms with Crippen molar-refractivity contribution >= 4 is 22.9 Å². The van der Waals surface area contributed by atoms with E-state index in [0.29, 0.717) is 16.4 Å². The summed E-state index contributed by atoms with van der Waals surface area (Å²) in [4.78, 5) is 7.74. The first-order valence-electron chi connectivity index (χ1n) is 6.21. The molecule has 0 radical (unpaired) electrons. The van der Waals surface area contributed by atoms with E-state index in [1.807, 2.05) is 6.20 Å². The highest BCUT2D eigenvalue weighted by Gasteiger charge is 2.27. The summed E-state index contributed by atoms with van der Waals surface area (Å²) in [6.07, 6.45) is 7.08. The van der Waals surface area contributed by atoms with E-state index in [1.54, 1.807) is 11.3 Å². The number of thiazole rings is 1. The first-order chi connectivity index (χ1) is 8.20. The lowest BCUT2D eigenvalue weighted by molar-refractivity contribution is 0.128. The van der Waals surface area contributed by atoms with Crippen LogP contribution in [0.2, 0.25) is 4.47 Å². The fourth-order valence-electron chi connectivity index (χ4n) is 2.76. The van der Waals surface area contributed by atoms with Crippen LogP contribution >= 0.6 is 22.9 Å². The second-order valence-electron chi connectivity index (χ2n) is 4.84.